The summed E-state index contributed by atoms with van der Waals surface area (Å²) in [5.41, 5.74) is 6.60. The van der Waals surface area contributed by atoms with Crippen LogP contribution in [0.1, 0.15) is 56.0 Å². The van der Waals surface area contributed by atoms with Crippen LogP contribution >= 0.6 is 0 Å². The molecule has 1 aromatic rings. The van der Waals surface area contributed by atoms with Gasteiger partial charge in [-0.25, -0.2) is 4.98 Å². The molecule has 82 valence electrons. The second-order valence-corrected chi connectivity index (χ2v) is 4.19. The third kappa shape index (κ3) is 2.72. The highest BCUT2D eigenvalue weighted by Gasteiger charge is 2.16. The third-order valence-electron chi connectivity index (χ3n) is 3.08. The number of nitrogens with zero attached hydrogens (tertiary/aromatic N) is 3. The van der Waals surface area contributed by atoms with Crippen LogP contribution < -0.4 is 5.73 Å². The second-order valence-electron chi connectivity index (χ2n) is 4.19. The predicted molar refractivity (Wildman–Crippen MR) is 58.2 cm³/mol. The van der Waals surface area contributed by atoms with Crippen LogP contribution in [0.4, 0.5) is 0 Å². The third-order valence-corrected chi connectivity index (χ3v) is 3.08. The Labute approximate surface area is 90.3 Å². The van der Waals surface area contributed by atoms with Crippen molar-refractivity contribution in [3.63, 3.8) is 0 Å². The number of rotatable bonds is 2. The molecule has 0 aliphatic heterocycles. The molecule has 2 N–H and O–H groups in total. The van der Waals surface area contributed by atoms with E-state index in [9.17, 15) is 0 Å². The van der Waals surface area contributed by atoms with E-state index in [1.165, 1.54) is 38.5 Å². The molecular formula is C11H18N4. The van der Waals surface area contributed by atoms with Crippen LogP contribution in [0.2, 0.25) is 0 Å². The molecule has 0 atom stereocenters. The average molecular weight is 206 g/mol. The molecule has 0 spiro atoms. The van der Waals surface area contributed by atoms with Crippen LogP contribution in [0, 0.1) is 0 Å². The fourth-order valence-electron chi connectivity index (χ4n) is 2.21. The molecule has 1 fully saturated rings. The highest BCUT2D eigenvalue weighted by molar-refractivity contribution is 5.04. The van der Waals surface area contributed by atoms with Gasteiger partial charge >= 0.3 is 0 Å². The lowest BCUT2D eigenvalue weighted by molar-refractivity contribution is 0.566. The van der Waals surface area contributed by atoms with Gasteiger partial charge in [-0.2, -0.15) is 5.10 Å². The monoisotopic (exact) mass is 206 g/mol. The van der Waals surface area contributed by atoms with Crippen molar-refractivity contribution in [1.82, 2.24) is 15.2 Å². The number of aromatic nitrogens is 3. The van der Waals surface area contributed by atoms with Crippen LogP contribution in [0.5, 0.6) is 0 Å². The zero-order valence-corrected chi connectivity index (χ0v) is 9.02. The summed E-state index contributed by atoms with van der Waals surface area (Å²) in [6.07, 6.45) is 9.62. The maximum absolute atomic E-state index is 5.51. The highest BCUT2D eigenvalue weighted by atomic mass is 15.1. The summed E-state index contributed by atoms with van der Waals surface area (Å²) in [5, 5.41) is 7.86. The largest absolute Gasteiger partial charge is 0.324 e. The molecule has 2 rings (SSSR count). The molecule has 4 heteroatoms. The normalized spacial score (nSPS) is 18.7. The van der Waals surface area contributed by atoms with Gasteiger partial charge < -0.3 is 5.73 Å². The molecule has 4 nitrogen and oxygen atoms in total. The van der Waals surface area contributed by atoms with Crippen LogP contribution in [0.3, 0.4) is 0 Å². The van der Waals surface area contributed by atoms with Crippen molar-refractivity contribution in [3.8, 4) is 0 Å². The molecule has 0 bridgehead atoms. The molecule has 1 aromatic heterocycles. The van der Waals surface area contributed by atoms with E-state index >= 15 is 0 Å². The van der Waals surface area contributed by atoms with Gasteiger partial charge in [-0.1, -0.05) is 25.7 Å². The molecule has 1 saturated carbocycles. The van der Waals surface area contributed by atoms with Gasteiger partial charge in [0.15, 0.2) is 5.82 Å². The van der Waals surface area contributed by atoms with Gasteiger partial charge in [0, 0.05) is 5.92 Å². The summed E-state index contributed by atoms with van der Waals surface area (Å²) in [6, 6.07) is 0. The van der Waals surface area contributed by atoms with Gasteiger partial charge in [-0.3, -0.25) is 0 Å². The topological polar surface area (TPSA) is 64.7 Å². The zero-order valence-electron chi connectivity index (χ0n) is 9.02. The minimum absolute atomic E-state index is 0.383. The second kappa shape index (κ2) is 5.16. The van der Waals surface area contributed by atoms with E-state index in [4.69, 9.17) is 5.73 Å². The Kier molecular flexibility index (Phi) is 3.61. The van der Waals surface area contributed by atoms with E-state index in [1.807, 2.05) is 0 Å². The Bertz CT molecular complexity index is 305. The van der Waals surface area contributed by atoms with Crippen LogP contribution in [-0.4, -0.2) is 15.2 Å². The molecule has 0 amide bonds. The summed E-state index contributed by atoms with van der Waals surface area (Å²) >= 11 is 0. The maximum Gasteiger partial charge on any atom is 0.164 e. The van der Waals surface area contributed by atoms with E-state index in [0.717, 1.165) is 5.69 Å². The summed E-state index contributed by atoms with van der Waals surface area (Å²) in [6.45, 7) is 0.383. The van der Waals surface area contributed by atoms with Crippen LogP contribution in [0.25, 0.3) is 0 Å². The first-order chi connectivity index (χ1) is 7.40. The Hall–Kier alpha value is -1.03. The first kappa shape index (κ1) is 10.5. The van der Waals surface area contributed by atoms with Crippen molar-refractivity contribution in [2.45, 2.75) is 51.0 Å². The lowest BCUT2D eigenvalue weighted by Crippen LogP contribution is -2.09. The zero-order chi connectivity index (χ0) is 10.5. The van der Waals surface area contributed by atoms with Crippen molar-refractivity contribution in [1.29, 1.82) is 0 Å². The smallest absolute Gasteiger partial charge is 0.164 e. The quantitative estimate of drug-likeness (QED) is 0.749. The average Bonchev–Trinajstić information content (AvgIpc) is 2.58. The van der Waals surface area contributed by atoms with Gasteiger partial charge in [0.1, 0.15) is 0 Å². The summed E-state index contributed by atoms with van der Waals surface area (Å²) < 4.78 is 0. The van der Waals surface area contributed by atoms with Crippen molar-refractivity contribution >= 4 is 0 Å². The van der Waals surface area contributed by atoms with Gasteiger partial charge in [0.2, 0.25) is 0 Å². The highest BCUT2D eigenvalue weighted by Crippen LogP contribution is 2.29. The van der Waals surface area contributed by atoms with Crippen LogP contribution in [0.15, 0.2) is 6.20 Å². The summed E-state index contributed by atoms with van der Waals surface area (Å²) in [5.74, 6) is 1.24. The maximum atomic E-state index is 5.51. The fraction of sp³-hybridized carbons (Fsp3) is 0.727. The van der Waals surface area contributed by atoms with Gasteiger partial charge in [-0.15, -0.1) is 5.10 Å². The van der Waals surface area contributed by atoms with Crippen molar-refractivity contribution < 1.29 is 0 Å². The molecule has 0 radical (unpaired) electrons. The summed E-state index contributed by atoms with van der Waals surface area (Å²) in [4.78, 5) is 4.46. The molecule has 1 aliphatic rings. The van der Waals surface area contributed by atoms with Crippen LogP contribution in [-0.2, 0) is 6.54 Å². The molecular weight excluding hydrogens is 188 g/mol. The minimum Gasteiger partial charge on any atom is -0.324 e. The summed E-state index contributed by atoms with van der Waals surface area (Å²) in [7, 11) is 0. The Morgan fingerprint density at radius 1 is 1.20 bits per heavy atom. The predicted octanol–water partition coefficient (Wildman–Crippen LogP) is 1.77. The van der Waals surface area contributed by atoms with E-state index in [-0.39, 0.29) is 0 Å². The van der Waals surface area contributed by atoms with Gasteiger partial charge in [0.05, 0.1) is 18.4 Å². The number of hydrogen-bond acceptors (Lipinski definition) is 4. The van der Waals surface area contributed by atoms with Crippen molar-refractivity contribution in [2.75, 3.05) is 0 Å². The fourth-order valence-corrected chi connectivity index (χ4v) is 2.21. The van der Waals surface area contributed by atoms with Crippen molar-refractivity contribution in [3.05, 3.63) is 17.7 Å². The lowest BCUT2D eigenvalue weighted by atomic mass is 9.97. The van der Waals surface area contributed by atoms with E-state index < -0.39 is 0 Å². The molecule has 1 aliphatic carbocycles. The first-order valence-electron chi connectivity index (χ1n) is 5.78. The van der Waals surface area contributed by atoms with E-state index in [1.54, 1.807) is 6.20 Å². The molecule has 0 aromatic carbocycles. The standard InChI is InChI=1S/C11H18N4/c12-7-11-14-10(8-13-15-11)9-5-3-1-2-4-6-9/h8-9H,1-7,12H2. The molecule has 0 saturated heterocycles. The Balaban J connectivity index is 2.12. The molecule has 1 heterocycles. The number of hydrogen-bond donors (Lipinski definition) is 1. The van der Waals surface area contributed by atoms with Gasteiger partial charge in [-0.05, 0) is 12.8 Å². The Morgan fingerprint density at radius 3 is 2.60 bits per heavy atom. The SMILES string of the molecule is NCc1nncc(C2CCCCCC2)n1. The van der Waals surface area contributed by atoms with Gasteiger partial charge in [0.25, 0.3) is 0 Å². The Morgan fingerprint density at radius 2 is 1.93 bits per heavy atom. The minimum atomic E-state index is 0.383. The molecule has 15 heavy (non-hydrogen) atoms. The molecule has 0 unspecified atom stereocenters. The lowest BCUT2D eigenvalue weighted by Gasteiger charge is -2.12. The first-order valence-corrected chi connectivity index (χ1v) is 5.78. The van der Waals surface area contributed by atoms with E-state index in [2.05, 4.69) is 15.2 Å². The van der Waals surface area contributed by atoms with E-state index in [0.29, 0.717) is 18.3 Å². The number of nitrogens with two attached hydrogens (primary N) is 1. The van der Waals surface area contributed by atoms with Crippen molar-refractivity contribution in [2.24, 2.45) is 5.73 Å².